The van der Waals surface area contributed by atoms with Gasteiger partial charge in [-0.1, -0.05) is 66.7 Å². The number of nitrogens with zero attached hydrogens (tertiary/aromatic N) is 3. The number of phenolic OH excluding ortho intramolecular Hbond substituents is 1. The van der Waals surface area contributed by atoms with E-state index < -0.39 is 96.0 Å². The van der Waals surface area contributed by atoms with Crippen molar-refractivity contribution in [3.63, 3.8) is 0 Å². The fourth-order valence-electron chi connectivity index (χ4n) is 8.91. The van der Waals surface area contributed by atoms with Gasteiger partial charge in [0.2, 0.25) is 41.4 Å². The van der Waals surface area contributed by atoms with Gasteiger partial charge in [0.1, 0.15) is 42.0 Å². The van der Waals surface area contributed by atoms with Crippen LogP contribution in [0.1, 0.15) is 60.8 Å². The zero-order chi connectivity index (χ0) is 54.7. The van der Waals surface area contributed by atoms with Gasteiger partial charge in [-0.05, 0) is 85.0 Å². The van der Waals surface area contributed by atoms with E-state index >= 15 is 0 Å². The molecule has 7 amide bonds. The zero-order valence-corrected chi connectivity index (χ0v) is 41.7. The second-order valence-corrected chi connectivity index (χ2v) is 18.6. The number of carbonyl (C=O) groups is 8. The molecule has 76 heavy (non-hydrogen) atoms. The van der Waals surface area contributed by atoms with Crippen molar-refractivity contribution in [3.05, 3.63) is 132 Å². The first-order chi connectivity index (χ1) is 36.4. The molecule has 16 N–H and O–H groups in total. The van der Waals surface area contributed by atoms with Gasteiger partial charge in [-0.2, -0.15) is 0 Å². The third-order valence-electron chi connectivity index (χ3n) is 12.9. The molecule has 2 aromatic heterocycles. The molecule has 0 unspecified atom stereocenters. The minimum atomic E-state index is -1.53. The number of likely N-dealkylation sites (tertiary alicyclic amines) is 1. The summed E-state index contributed by atoms with van der Waals surface area (Å²) in [7, 11) is 0. The van der Waals surface area contributed by atoms with Gasteiger partial charge in [0.15, 0.2) is 5.96 Å². The Kier molecular flexibility index (Phi) is 20.4. The highest BCUT2D eigenvalue weighted by atomic mass is 16.4. The molecule has 402 valence electrons. The van der Waals surface area contributed by atoms with Crippen molar-refractivity contribution < 1.29 is 48.6 Å². The fraction of sp³-hybridized carbons (Fsp3) is 0.358. The van der Waals surface area contributed by atoms with Crippen LogP contribution in [0.5, 0.6) is 5.75 Å². The molecule has 6 rings (SSSR count). The normalized spacial score (nSPS) is 15.4. The van der Waals surface area contributed by atoms with Gasteiger partial charge >= 0.3 is 5.97 Å². The molecule has 0 saturated carbocycles. The number of aromatic nitrogens is 2. The van der Waals surface area contributed by atoms with Crippen LogP contribution in [0.2, 0.25) is 0 Å². The monoisotopic (exact) mass is 1040 g/mol. The predicted octanol–water partition coefficient (Wildman–Crippen LogP) is -0.315. The van der Waals surface area contributed by atoms with E-state index in [0.717, 1.165) is 10.9 Å². The number of pyridine rings is 1. The summed E-state index contributed by atoms with van der Waals surface area (Å²) in [6, 6.07) is 16.2. The highest BCUT2D eigenvalue weighted by Crippen LogP contribution is 2.23. The molecule has 1 aliphatic heterocycles. The summed E-state index contributed by atoms with van der Waals surface area (Å²) in [6.07, 6.45) is 4.61. The molecular formula is C53H65N13O10. The number of carboxylic acid groups (broad SMARTS) is 1. The summed E-state index contributed by atoms with van der Waals surface area (Å²) in [5, 5.41) is 34.1. The molecule has 0 spiro atoms. The van der Waals surface area contributed by atoms with E-state index in [2.05, 4.69) is 41.5 Å². The number of fused-ring (bicyclic) bond motifs is 1. The number of H-pyrrole nitrogens is 1. The van der Waals surface area contributed by atoms with Crippen LogP contribution in [-0.2, 0) is 64.0 Å². The molecule has 23 heteroatoms. The Bertz CT molecular complexity index is 2840. The van der Waals surface area contributed by atoms with Crippen molar-refractivity contribution >= 4 is 64.2 Å². The van der Waals surface area contributed by atoms with Crippen LogP contribution in [0, 0.1) is 0 Å². The number of aromatic amines is 1. The minimum absolute atomic E-state index is 0.00936. The Labute approximate surface area is 438 Å². The van der Waals surface area contributed by atoms with Crippen LogP contribution in [0.25, 0.3) is 10.9 Å². The molecular weight excluding hydrogens is 979 g/mol. The van der Waals surface area contributed by atoms with Crippen molar-refractivity contribution in [2.24, 2.45) is 27.9 Å². The first-order valence-corrected chi connectivity index (χ1v) is 24.9. The Balaban J connectivity index is 1.24. The van der Waals surface area contributed by atoms with E-state index in [1.54, 1.807) is 79.3 Å². The van der Waals surface area contributed by atoms with Crippen LogP contribution in [0.15, 0.2) is 115 Å². The topological polar surface area (TPSA) is 386 Å². The number of carboxylic acids is 1. The summed E-state index contributed by atoms with van der Waals surface area (Å²) in [4.78, 5) is 123. The first-order valence-electron chi connectivity index (χ1n) is 24.9. The van der Waals surface area contributed by atoms with Gasteiger partial charge in [0, 0.05) is 68.3 Å². The van der Waals surface area contributed by atoms with Gasteiger partial charge in [0.25, 0.3) is 0 Å². The Morgan fingerprint density at radius 2 is 1.30 bits per heavy atom. The lowest BCUT2D eigenvalue weighted by molar-refractivity contribution is -0.142. The second kappa shape index (κ2) is 27.4. The van der Waals surface area contributed by atoms with Gasteiger partial charge < -0.3 is 69.6 Å². The third-order valence-corrected chi connectivity index (χ3v) is 12.9. The van der Waals surface area contributed by atoms with Gasteiger partial charge in [-0.25, -0.2) is 4.79 Å². The molecule has 5 aromatic rings. The summed E-state index contributed by atoms with van der Waals surface area (Å²) < 4.78 is 0. The van der Waals surface area contributed by atoms with Crippen LogP contribution >= 0.6 is 0 Å². The van der Waals surface area contributed by atoms with Crippen LogP contribution in [0.3, 0.4) is 0 Å². The van der Waals surface area contributed by atoms with Gasteiger partial charge in [0.05, 0.1) is 6.04 Å². The number of benzene rings is 3. The van der Waals surface area contributed by atoms with Crippen LogP contribution in [-0.4, -0.2) is 134 Å². The van der Waals surface area contributed by atoms with Crippen LogP contribution in [0.4, 0.5) is 0 Å². The minimum Gasteiger partial charge on any atom is -0.508 e. The molecule has 3 heterocycles. The number of hydrogen-bond donors (Lipinski definition) is 12. The highest BCUT2D eigenvalue weighted by molar-refractivity contribution is 5.98. The van der Waals surface area contributed by atoms with E-state index in [0.29, 0.717) is 28.7 Å². The standard InChI is InChI=1S/C53H65N13O10/c54-37(25-33-11-6-22-58-29-33)46(69)64-42(26-32-16-18-35(67)19-17-32)51(74)66-24-8-15-44(66)50(73)63-41(28-34-30-60-38-13-5-4-12-36(34)38)49(72)62-40(20-21-45(55)68)48(71)61-39(14-7-23-59-53(56)57)47(70)65-43(52(75)76)27-31-9-2-1-3-10-31/h1-6,9-13,16-19,22,29-30,37,39-44,60,67H,7-8,14-15,20-21,23-28,54H2,(H2,55,68)(H,61,71)(H,62,72)(H,63,73)(H,64,69)(H,65,70)(H,75,76)(H4,56,57,59)/t37-,39-,40-,41-,42-,43-,44-/m0/s1. The number of aromatic hydroxyl groups is 1. The molecule has 3 aromatic carbocycles. The molecule has 7 atom stereocenters. The lowest BCUT2D eigenvalue weighted by atomic mass is 10.0. The molecule has 1 aliphatic rings. The average molecular weight is 1040 g/mol. The van der Waals surface area contributed by atoms with E-state index in [-0.39, 0.29) is 76.2 Å². The Hall–Kier alpha value is -8.86. The number of hydrogen-bond acceptors (Lipinski definition) is 12. The maximum Gasteiger partial charge on any atom is 0.326 e. The number of phenols is 1. The van der Waals surface area contributed by atoms with Crippen molar-refractivity contribution in [1.82, 2.24) is 41.5 Å². The van der Waals surface area contributed by atoms with E-state index in [1.807, 2.05) is 18.2 Å². The maximum absolute atomic E-state index is 14.7. The van der Waals surface area contributed by atoms with Crippen molar-refractivity contribution in [2.75, 3.05) is 13.1 Å². The van der Waals surface area contributed by atoms with Gasteiger partial charge in [-0.15, -0.1) is 0 Å². The largest absolute Gasteiger partial charge is 0.508 e. The summed E-state index contributed by atoms with van der Waals surface area (Å²) in [6.45, 7) is 0.166. The number of guanidine groups is 1. The SMILES string of the molecule is NC(=O)CC[C@H](NC(=O)[C@H](Cc1c[nH]c2ccccc12)NC(=O)[C@@H]1CCCN1C(=O)[C@H](Cc1ccc(O)cc1)NC(=O)[C@@H](N)Cc1cccnc1)C(=O)N[C@@H](CCCN=C(N)N)C(=O)N[C@@H](Cc1ccccc1)C(=O)O. The Morgan fingerprint density at radius 3 is 1.97 bits per heavy atom. The number of nitrogens with one attached hydrogen (secondary N) is 6. The quantitative estimate of drug-likeness (QED) is 0.0182. The summed E-state index contributed by atoms with van der Waals surface area (Å²) >= 11 is 0. The maximum atomic E-state index is 14.7. The van der Waals surface area contributed by atoms with Gasteiger partial charge in [-0.3, -0.25) is 43.5 Å². The van der Waals surface area contributed by atoms with E-state index in [1.165, 1.54) is 17.0 Å². The van der Waals surface area contributed by atoms with Crippen molar-refractivity contribution in [1.29, 1.82) is 0 Å². The number of carbonyl (C=O) groups excluding carboxylic acids is 7. The molecule has 23 nitrogen and oxygen atoms in total. The van der Waals surface area contributed by atoms with Crippen molar-refractivity contribution in [3.8, 4) is 5.75 Å². The average Bonchev–Trinajstić information content (AvgIpc) is 4.06. The highest BCUT2D eigenvalue weighted by Gasteiger charge is 2.40. The van der Waals surface area contributed by atoms with E-state index in [9.17, 15) is 48.6 Å². The molecule has 0 aliphatic carbocycles. The Morgan fingerprint density at radius 1 is 0.684 bits per heavy atom. The number of aliphatic imine (C=N–C) groups is 1. The number of nitrogens with two attached hydrogens (primary N) is 4. The molecule has 0 radical (unpaired) electrons. The summed E-state index contributed by atoms with van der Waals surface area (Å²) in [5.41, 5.74) is 26.1. The lowest BCUT2D eigenvalue weighted by Crippen LogP contribution is -2.60. The fourth-order valence-corrected chi connectivity index (χ4v) is 8.91. The smallest absolute Gasteiger partial charge is 0.326 e. The van der Waals surface area contributed by atoms with Crippen LogP contribution < -0.4 is 49.5 Å². The molecule has 0 bridgehead atoms. The molecule has 1 fully saturated rings. The number of amides is 7. The lowest BCUT2D eigenvalue weighted by Gasteiger charge is -2.31. The van der Waals surface area contributed by atoms with Crippen molar-refractivity contribution in [2.45, 2.75) is 107 Å². The van der Waals surface area contributed by atoms with E-state index in [4.69, 9.17) is 22.9 Å². The third kappa shape index (κ3) is 16.6. The first kappa shape index (κ1) is 56.4. The predicted molar refractivity (Wildman–Crippen MR) is 280 cm³/mol. The number of rotatable bonds is 27. The number of aliphatic carboxylic acids is 1. The summed E-state index contributed by atoms with van der Waals surface area (Å²) in [5.74, 6) is -6.98. The number of para-hydroxylation sites is 1. The number of primary amides is 1. The second-order valence-electron chi connectivity index (χ2n) is 18.6. The molecule has 1 saturated heterocycles. The zero-order valence-electron chi connectivity index (χ0n) is 41.7.